The lowest BCUT2D eigenvalue weighted by molar-refractivity contribution is -0.120. The van der Waals surface area contributed by atoms with Gasteiger partial charge in [0.05, 0.1) is 18.1 Å². The van der Waals surface area contributed by atoms with Crippen molar-refractivity contribution in [3.05, 3.63) is 48.4 Å². The summed E-state index contributed by atoms with van der Waals surface area (Å²) < 4.78 is 1.75. The minimum absolute atomic E-state index is 0.193. The Labute approximate surface area is 156 Å². The quantitative estimate of drug-likeness (QED) is 0.592. The van der Waals surface area contributed by atoms with Gasteiger partial charge in [0.1, 0.15) is 17.5 Å². The Hall–Kier alpha value is -2.67. The number of benzene rings is 1. The second kappa shape index (κ2) is 8.62. The van der Waals surface area contributed by atoms with Crippen LogP contribution < -0.4 is 10.6 Å². The number of nitrogens with zero attached hydrogens (tertiary/aromatic N) is 4. The highest BCUT2D eigenvalue weighted by molar-refractivity contribution is 6.30. The molecule has 0 spiro atoms. The number of hydrogen-bond acceptors (Lipinski definition) is 5. The van der Waals surface area contributed by atoms with E-state index in [9.17, 15) is 4.79 Å². The zero-order chi connectivity index (χ0) is 18.4. The van der Waals surface area contributed by atoms with E-state index < -0.39 is 5.38 Å². The van der Waals surface area contributed by atoms with Crippen molar-refractivity contribution in [1.29, 1.82) is 0 Å². The molecule has 0 bridgehead atoms. The SMILES string of the molecule is CC(Cl)C(=O)NCCn1ncc2c(NCCc3ccccc3)ncnc21. The van der Waals surface area contributed by atoms with Crippen LogP contribution in [0.3, 0.4) is 0 Å². The van der Waals surface area contributed by atoms with Gasteiger partial charge in [0, 0.05) is 13.1 Å². The van der Waals surface area contributed by atoms with Crippen LogP contribution in [0, 0.1) is 0 Å². The van der Waals surface area contributed by atoms with E-state index in [1.165, 1.54) is 11.9 Å². The van der Waals surface area contributed by atoms with Crippen LogP contribution in [0.15, 0.2) is 42.9 Å². The van der Waals surface area contributed by atoms with Crippen molar-refractivity contribution in [1.82, 2.24) is 25.1 Å². The number of carbonyl (C=O) groups is 1. The van der Waals surface area contributed by atoms with Gasteiger partial charge in [0.15, 0.2) is 5.65 Å². The van der Waals surface area contributed by atoms with E-state index in [0.717, 1.165) is 29.8 Å². The Morgan fingerprint density at radius 2 is 2.04 bits per heavy atom. The number of rotatable bonds is 8. The Kier molecular flexibility index (Phi) is 6.01. The van der Waals surface area contributed by atoms with Crippen molar-refractivity contribution >= 4 is 34.4 Å². The molecule has 1 aromatic carbocycles. The van der Waals surface area contributed by atoms with Gasteiger partial charge in [-0.1, -0.05) is 30.3 Å². The fourth-order valence-corrected chi connectivity index (χ4v) is 2.67. The third-order valence-corrected chi connectivity index (χ3v) is 4.16. The molecule has 0 aliphatic carbocycles. The predicted molar refractivity (Wildman–Crippen MR) is 102 cm³/mol. The molecule has 136 valence electrons. The van der Waals surface area contributed by atoms with E-state index >= 15 is 0 Å². The van der Waals surface area contributed by atoms with Crippen LogP contribution in [-0.2, 0) is 17.8 Å². The third-order valence-electron chi connectivity index (χ3n) is 3.97. The predicted octanol–water partition coefficient (Wildman–Crippen LogP) is 2.22. The van der Waals surface area contributed by atoms with Crippen molar-refractivity contribution in [2.75, 3.05) is 18.4 Å². The van der Waals surface area contributed by atoms with Gasteiger partial charge >= 0.3 is 0 Å². The molecular weight excluding hydrogens is 352 g/mol. The van der Waals surface area contributed by atoms with Crippen molar-refractivity contribution in [2.24, 2.45) is 0 Å². The lowest BCUT2D eigenvalue weighted by Crippen LogP contribution is -2.32. The van der Waals surface area contributed by atoms with Gasteiger partial charge in [-0.2, -0.15) is 5.10 Å². The zero-order valence-corrected chi connectivity index (χ0v) is 15.3. The lowest BCUT2D eigenvalue weighted by atomic mass is 10.1. The maximum Gasteiger partial charge on any atom is 0.237 e. The van der Waals surface area contributed by atoms with Gasteiger partial charge in [-0.05, 0) is 18.9 Å². The Morgan fingerprint density at radius 3 is 2.81 bits per heavy atom. The van der Waals surface area contributed by atoms with Gasteiger partial charge in [0.2, 0.25) is 5.91 Å². The van der Waals surface area contributed by atoms with E-state index in [0.29, 0.717) is 13.1 Å². The van der Waals surface area contributed by atoms with E-state index in [1.807, 2.05) is 18.2 Å². The second-order valence-electron chi connectivity index (χ2n) is 5.90. The first-order valence-corrected chi connectivity index (χ1v) is 8.95. The highest BCUT2D eigenvalue weighted by Gasteiger charge is 2.11. The maximum atomic E-state index is 11.5. The topological polar surface area (TPSA) is 84.7 Å². The smallest absolute Gasteiger partial charge is 0.237 e. The van der Waals surface area contributed by atoms with Gasteiger partial charge in [-0.3, -0.25) is 4.79 Å². The molecule has 8 heteroatoms. The van der Waals surface area contributed by atoms with Crippen LogP contribution in [-0.4, -0.2) is 44.1 Å². The molecule has 1 unspecified atom stereocenters. The highest BCUT2D eigenvalue weighted by Crippen LogP contribution is 2.18. The number of nitrogens with one attached hydrogen (secondary N) is 2. The molecule has 0 saturated carbocycles. The number of halogens is 1. The number of amides is 1. The number of carbonyl (C=O) groups excluding carboxylic acids is 1. The lowest BCUT2D eigenvalue weighted by Gasteiger charge is -2.08. The molecule has 2 aromatic heterocycles. The fourth-order valence-electron chi connectivity index (χ4n) is 2.59. The molecular formula is C18H21ClN6O. The molecule has 0 radical (unpaired) electrons. The molecule has 1 amide bonds. The van der Waals surface area contributed by atoms with Gasteiger partial charge in [-0.15, -0.1) is 11.6 Å². The molecule has 1 atom stereocenters. The molecule has 3 rings (SSSR count). The van der Waals surface area contributed by atoms with Crippen LogP contribution in [0.5, 0.6) is 0 Å². The number of alkyl halides is 1. The molecule has 2 heterocycles. The molecule has 0 aliphatic heterocycles. The number of anilines is 1. The number of hydrogen-bond donors (Lipinski definition) is 2. The second-order valence-corrected chi connectivity index (χ2v) is 6.55. The van der Waals surface area contributed by atoms with E-state index in [-0.39, 0.29) is 5.91 Å². The minimum Gasteiger partial charge on any atom is -0.369 e. The summed E-state index contributed by atoms with van der Waals surface area (Å²) in [6, 6.07) is 10.3. The number of fused-ring (bicyclic) bond motifs is 1. The Balaban J connectivity index is 1.61. The van der Waals surface area contributed by atoms with Gasteiger partial charge in [0.25, 0.3) is 0 Å². The summed E-state index contributed by atoms with van der Waals surface area (Å²) >= 11 is 5.73. The van der Waals surface area contributed by atoms with Gasteiger partial charge < -0.3 is 10.6 Å². The normalized spacial score (nSPS) is 12.1. The summed E-state index contributed by atoms with van der Waals surface area (Å²) in [5, 5.41) is 10.8. The standard InChI is InChI=1S/C18H21ClN6O/c1-13(19)18(26)21-9-10-25-17-15(11-24-25)16(22-12-23-17)20-8-7-14-5-3-2-4-6-14/h2-6,11-13H,7-10H2,1H3,(H,21,26)(H,20,22,23). The molecule has 3 aromatic rings. The maximum absolute atomic E-state index is 11.5. The van der Waals surface area contributed by atoms with Crippen molar-refractivity contribution in [3.63, 3.8) is 0 Å². The fraction of sp³-hybridized carbons (Fsp3) is 0.333. The van der Waals surface area contributed by atoms with E-state index in [1.54, 1.807) is 17.8 Å². The summed E-state index contributed by atoms with van der Waals surface area (Å²) in [7, 11) is 0. The largest absolute Gasteiger partial charge is 0.369 e. The first kappa shape index (κ1) is 18.1. The van der Waals surface area contributed by atoms with Crippen LogP contribution in [0.25, 0.3) is 11.0 Å². The average Bonchev–Trinajstić information content (AvgIpc) is 3.06. The molecule has 0 saturated heterocycles. The van der Waals surface area contributed by atoms with Crippen LogP contribution in [0.1, 0.15) is 12.5 Å². The minimum atomic E-state index is -0.549. The van der Waals surface area contributed by atoms with Crippen molar-refractivity contribution in [3.8, 4) is 0 Å². The zero-order valence-electron chi connectivity index (χ0n) is 14.5. The van der Waals surface area contributed by atoms with E-state index in [2.05, 4.69) is 37.8 Å². The molecule has 0 aliphatic rings. The first-order chi connectivity index (χ1) is 12.6. The molecule has 26 heavy (non-hydrogen) atoms. The van der Waals surface area contributed by atoms with Crippen LogP contribution in [0.2, 0.25) is 0 Å². The third kappa shape index (κ3) is 4.49. The summed E-state index contributed by atoms with van der Waals surface area (Å²) in [4.78, 5) is 20.1. The van der Waals surface area contributed by atoms with Crippen LogP contribution in [0.4, 0.5) is 5.82 Å². The highest BCUT2D eigenvalue weighted by atomic mass is 35.5. The summed E-state index contributed by atoms with van der Waals surface area (Å²) in [6.45, 7) is 3.36. The molecule has 2 N–H and O–H groups in total. The monoisotopic (exact) mass is 372 g/mol. The Bertz CT molecular complexity index is 865. The van der Waals surface area contributed by atoms with Crippen molar-refractivity contribution in [2.45, 2.75) is 25.3 Å². The van der Waals surface area contributed by atoms with E-state index in [4.69, 9.17) is 11.6 Å². The van der Waals surface area contributed by atoms with Crippen molar-refractivity contribution < 1.29 is 4.79 Å². The molecule has 0 fully saturated rings. The summed E-state index contributed by atoms with van der Waals surface area (Å²) in [6.07, 6.45) is 4.17. The molecule has 7 nitrogen and oxygen atoms in total. The summed E-state index contributed by atoms with van der Waals surface area (Å²) in [5.41, 5.74) is 2.00. The Morgan fingerprint density at radius 1 is 1.23 bits per heavy atom. The van der Waals surface area contributed by atoms with Gasteiger partial charge in [-0.25, -0.2) is 14.6 Å². The number of aromatic nitrogens is 4. The summed E-state index contributed by atoms with van der Waals surface area (Å²) in [5.74, 6) is 0.566. The average molecular weight is 373 g/mol. The first-order valence-electron chi connectivity index (χ1n) is 8.51. The van der Waals surface area contributed by atoms with Crippen LogP contribution >= 0.6 is 11.6 Å².